The van der Waals surface area contributed by atoms with E-state index >= 15 is 0 Å². The lowest BCUT2D eigenvalue weighted by Gasteiger charge is -2.19. The Bertz CT molecular complexity index is 437. The molecule has 3 nitrogen and oxygen atoms in total. The molecule has 98 valence electrons. The second-order valence-electron chi connectivity index (χ2n) is 5.98. The second-order valence-corrected chi connectivity index (χ2v) is 5.98. The van der Waals surface area contributed by atoms with Crippen LogP contribution in [0.4, 0.5) is 0 Å². The van der Waals surface area contributed by atoms with Crippen LogP contribution in [0.1, 0.15) is 39.5 Å². The fraction of sp³-hybridized carbons (Fsp3) is 0.667. The number of epoxide rings is 1. The number of carbonyl (C=O) groups excluding carboxylic acids is 1. The zero-order chi connectivity index (χ0) is 12.9. The molecule has 2 saturated heterocycles. The van der Waals surface area contributed by atoms with Gasteiger partial charge in [0.05, 0.1) is 5.60 Å². The number of fused-ring (bicyclic) bond motifs is 3. The molecule has 1 aliphatic carbocycles. The third kappa shape index (κ3) is 1.81. The van der Waals surface area contributed by atoms with E-state index in [1.54, 1.807) is 0 Å². The van der Waals surface area contributed by atoms with Crippen molar-refractivity contribution in [3.8, 4) is 0 Å². The van der Waals surface area contributed by atoms with Gasteiger partial charge in [0.1, 0.15) is 12.2 Å². The summed E-state index contributed by atoms with van der Waals surface area (Å²) in [6.07, 6.45) is 6.25. The van der Waals surface area contributed by atoms with Gasteiger partial charge in [-0.05, 0) is 39.5 Å². The van der Waals surface area contributed by atoms with Crippen molar-refractivity contribution in [3.63, 3.8) is 0 Å². The highest BCUT2D eigenvalue weighted by Gasteiger charge is 2.61. The van der Waals surface area contributed by atoms with Crippen LogP contribution in [0.25, 0.3) is 0 Å². The number of esters is 1. The van der Waals surface area contributed by atoms with Crippen LogP contribution in [0.15, 0.2) is 23.8 Å². The third-order valence-electron chi connectivity index (χ3n) is 4.57. The molecule has 0 aromatic carbocycles. The topological polar surface area (TPSA) is 38.8 Å². The molecule has 0 unspecified atom stereocenters. The Morgan fingerprint density at radius 2 is 2.28 bits per heavy atom. The van der Waals surface area contributed by atoms with Gasteiger partial charge in [-0.3, -0.25) is 0 Å². The summed E-state index contributed by atoms with van der Waals surface area (Å²) in [5.74, 6) is -0.102. The van der Waals surface area contributed by atoms with Crippen molar-refractivity contribution in [3.05, 3.63) is 23.8 Å². The number of carbonyl (C=O) groups is 1. The molecule has 3 heteroatoms. The minimum absolute atomic E-state index is 0.0671. The molecule has 0 radical (unpaired) electrons. The molecule has 0 saturated carbocycles. The Hall–Kier alpha value is -1.09. The van der Waals surface area contributed by atoms with E-state index in [0.29, 0.717) is 5.57 Å². The Kier molecular flexibility index (Phi) is 2.63. The quantitative estimate of drug-likeness (QED) is 0.286. The van der Waals surface area contributed by atoms with E-state index < -0.39 is 0 Å². The van der Waals surface area contributed by atoms with Crippen molar-refractivity contribution < 1.29 is 14.3 Å². The summed E-state index contributed by atoms with van der Waals surface area (Å²) >= 11 is 0. The van der Waals surface area contributed by atoms with Gasteiger partial charge < -0.3 is 9.47 Å². The molecule has 0 bridgehead atoms. The molecule has 2 aliphatic heterocycles. The average Bonchev–Trinajstić information content (AvgIpc) is 2.90. The maximum absolute atomic E-state index is 11.7. The van der Waals surface area contributed by atoms with Crippen LogP contribution in [-0.4, -0.2) is 23.8 Å². The number of allylic oxidation sites excluding steroid dienone is 2. The summed E-state index contributed by atoms with van der Waals surface area (Å²) < 4.78 is 11.3. The van der Waals surface area contributed by atoms with Crippen molar-refractivity contribution >= 4 is 5.97 Å². The first-order valence-corrected chi connectivity index (χ1v) is 6.74. The minimum Gasteiger partial charge on any atom is -0.455 e. The van der Waals surface area contributed by atoms with Gasteiger partial charge in [-0.2, -0.15) is 0 Å². The maximum Gasteiger partial charge on any atom is 0.334 e. The molecule has 0 aromatic rings. The van der Waals surface area contributed by atoms with Crippen LogP contribution < -0.4 is 0 Å². The first-order chi connectivity index (χ1) is 8.51. The number of hydrogen-bond acceptors (Lipinski definition) is 3. The molecule has 18 heavy (non-hydrogen) atoms. The summed E-state index contributed by atoms with van der Waals surface area (Å²) in [7, 11) is 0. The lowest BCUT2D eigenvalue weighted by molar-refractivity contribution is -0.140. The lowest BCUT2D eigenvalue weighted by Crippen LogP contribution is -2.28. The molecule has 0 spiro atoms. The molecule has 2 heterocycles. The maximum atomic E-state index is 11.7. The van der Waals surface area contributed by atoms with Gasteiger partial charge in [0.2, 0.25) is 0 Å². The van der Waals surface area contributed by atoms with Gasteiger partial charge >= 0.3 is 5.97 Å². The van der Waals surface area contributed by atoms with Gasteiger partial charge in [-0.25, -0.2) is 4.79 Å². The van der Waals surface area contributed by atoms with Crippen LogP contribution >= 0.6 is 0 Å². The van der Waals surface area contributed by atoms with Crippen molar-refractivity contribution in [2.75, 3.05) is 0 Å². The smallest absolute Gasteiger partial charge is 0.334 e. The molecule has 3 aliphatic rings. The van der Waals surface area contributed by atoms with Crippen LogP contribution in [-0.2, 0) is 14.3 Å². The normalized spacial score (nSPS) is 46.6. The standard InChI is InChI=1S/C15H20O3/c1-9-5-4-8-15(3)13(18-15)12-11(7-6-9)10(2)14(16)17-12/h5,11-13H,2,4,6-8H2,1,3H3/b9-5+/t11-,12-,13+,15-/m0/s1. The Balaban J connectivity index is 1.87. The van der Waals surface area contributed by atoms with E-state index in [1.165, 1.54) is 5.57 Å². The molecule has 2 fully saturated rings. The molecular formula is C15H20O3. The summed E-state index contributed by atoms with van der Waals surface area (Å²) in [4.78, 5) is 11.7. The van der Waals surface area contributed by atoms with Crippen molar-refractivity contribution in [1.82, 2.24) is 0 Å². The fourth-order valence-corrected chi connectivity index (χ4v) is 3.20. The highest BCUT2D eigenvalue weighted by atomic mass is 16.6. The highest BCUT2D eigenvalue weighted by Crippen LogP contribution is 2.49. The predicted molar refractivity (Wildman–Crippen MR) is 68.0 cm³/mol. The number of rotatable bonds is 0. The Labute approximate surface area is 108 Å². The summed E-state index contributed by atoms with van der Waals surface area (Å²) in [6, 6.07) is 0. The summed E-state index contributed by atoms with van der Waals surface area (Å²) in [6.45, 7) is 8.17. The monoisotopic (exact) mass is 248 g/mol. The lowest BCUT2D eigenvalue weighted by atomic mass is 9.84. The van der Waals surface area contributed by atoms with Gasteiger partial charge in [-0.15, -0.1) is 0 Å². The largest absolute Gasteiger partial charge is 0.455 e. The van der Waals surface area contributed by atoms with Gasteiger partial charge in [0.25, 0.3) is 0 Å². The predicted octanol–water partition coefficient (Wildman–Crippen LogP) is 2.76. The average molecular weight is 248 g/mol. The van der Waals surface area contributed by atoms with Crippen LogP contribution in [0, 0.1) is 5.92 Å². The van der Waals surface area contributed by atoms with Crippen molar-refractivity contribution in [1.29, 1.82) is 0 Å². The minimum atomic E-state index is -0.233. The summed E-state index contributed by atoms with van der Waals surface area (Å²) in [5, 5.41) is 0. The van der Waals surface area contributed by atoms with Crippen molar-refractivity contribution in [2.24, 2.45) is 5.92 Å². The van der Waals surface area contributed by atoms with E-state index in [0.717, 1.165) is 25.7 Å². The van der Waals surface area contributed by atoms with Gasteiger partial charge in [0.15, 0.2) is 0 Å². The highest BCUT2D eigenvalue weighted by molar-refractivity contribution is 5.91. The first kappa shape index (κ1) is 12.0. The van der Waals surface area contributed by atoms with E-state index in [9.17, 15) is 4.79 Å². The molecule has 0 amide bonds. The Morgan fingerprint density at radius 1 is 1.50 bits per heavy atom. The molecule has 4 atom stereocenters. The van der Waals surface area contributed by atoms with Crippen molar-refractivity contribution in [2.45, 2.75) is 57.3 Å². The van der Waals surface area contributed by atoms with E-state index in [4.69, 9.17) is 9.47 Å². The van der Waals surface area contributed by atoms with Gasteiger partial charge in [0, 0.05) is 11.5 Å². The van der Waals surface area contributed by atoms with Crippen LogP contribution in [0.2, 0.25) is 0 Å². The van der Waals surface area contributed by atoms with Gasteiger partial charge in [-0.1, -0.05) is 18.2 Å². The van der Waals surface area contributed by atoms with Crippen LogP contribution in [0.5, 0.6) is 0 Å². The van der Waals surface area contributed by atoms with E-state index in [-0.39, 0.29) is 29.7 Å². The first-order valence-electron chi connectivity index (χ1n) is 6.74. The SMILES string of the molecule is C=C1C(=O)O[C@@H]2[C@H]3O[C@@]3(C)CC/C=C(\C)CC[C@@H]12. The van der Waals surface area contributed by atoms with Crippen LogP contribution in [0.3, 0.4) is 0 Å². The zero-order valence-electron chi connectivity index (χ0n) is 11.1. The molecule has 3 rings (SSSR count). The Morgan fingerprint density at radius 3 is 3.06 bits per heavy atom. The second kappa shape index (κ2) is 3.95. The number of ether oxygens (including phenoxy) is 2. The van der Waals surface area contributed by atoms with E-state index in [2.05, 4.69) is 26.5 Å². The number of hydrogen-bond donors (Lipinski definition) is 0. The fourth-order valence-electron chi connectivity index (χ4n) is 3.20. The van der Waals surface area contributed by atoms with E-state index in [1.807, 2.05) is 0 Å². The summed E-state index contributed by atoms with van der Waals surface area (Å²) in [5.41, 5.74) is 1.91. The zero-order valence-corrected chi connectivity index (χ0v) is 11.1. The molecule has 0 N–H and O–H groups in total. The molecular weight excluding hydrogens is 228 g/mol. The third-order valence-corrected chi connectivity index (χ3v) is 4.57. The molecule has 0 aromatic heterocycles.